The predicted octanol–water partition coefficient (Wildman–Crippen LogP) is 1.21. The van der Waals surface area contributed by atoms with Gasteiger partial charge in [0.1, 0.15) is 10.7 Å². The Kier molecular flexibility index (Phi) is 3.84. The van der Waals surface area contributed by atoms with Crippen molar-refractivity contribution in [1.82, 2.24) is 4.72 Å². The van der Waals surface area contributed by atoms with Gasteiger partial charge in [-0.1, -0.05) is 23.7 Å². The molecular weight excluding hydrogens is 238 g/mol. The van der Waals surface area contributed by atoms with Crippen molar-refractivity contribution < 1.29 is 13.2 Å². The van der Waals surface area contributed by atoms with Crippen molar-refractivity contribution in [3.63, 3.8) is 0 Å². The van der Waals surface area contributed by atoms with Crippen LogP contribution in [0.25, 0.3) is 0 Å². The zero-order valence-electron chi connectivity index (χ0n) is 8.03. The summed E-state index contributed by atoms with van der Waals surface area (Å²) >= 11 is 5.72. The number of nitrogens with one attached hydrogen (secondary N) is 1. The van der Waals surface area contributed by atoms with Crippen LogP contribution in [0.3, 0.4) is 0 Å². The highest BCUT2D eigenvalue weighted by Crippen LogP contribution is 2.19. The lowest BCUT2D eigenvalue weighted by Gasteiger charge is -2.06. The first-order chi connectivity index (χ1) is 6.93. The molecule has 1 aromatic rings. The van der Waals surface area contributed by atoms with Gasteiger partial charge in [0.05, 0.1) is 11.6 Å². The van der Waals surface area contributed by atoms with Gasteiger partial charge in [-0.15, -0.1) is 0 Å². The minimum atomic E-state index is -3.69. The maximum Gasteiger partial charge on any atom is 0.242 e. The van der Waals surface area contributed by atoms with Crippen molar-refractivity contribution in [3.8, 4) is 0 Å². The Hall–Kier alpha value is -0.910. The fraction of sp³-hybridized carbons (Fsp3) is 0.222. The van der Waals surface area contributed by atoms with Gasteiger partial charge in [-0.3, -0.25) is 4.79 Å². The number of benzene rings is 1. The maximum atomic E-state index is 11.6. The van der Waals surface area contributed by atoms with E-state index in [0.717, 1.165) is 0 Å². The van der Waals surface area contributed by atoms with Gasteiger partial charge in [0.25, 0.3) is 0 Å². The number of rotatable bonds is 4. The standard InChI is InChI=1S/C9H10ClNO3S/c1-7(12)6-11-15(13,14)9-5-3-2-4-8(9)10/h2-5,11H,6H2,1H3. The van der Waals surface area contributed by atoms with Gasteiger partial charge in [-0.05, 0) is 19.1 Å². The second-order valence-corrected chi connectivity index (χ2v) is 5.10. The van der Waals surface area contributed by atoms with Crippen molar-refractivity contribution in [3.05, 3.63) is 29.3 Å². The van der Waals surface area contributed by atoms with E-state index < -0.39 is 10.0 Å². The third-order valence-corrected chi connectivity index (χ3v) is 3.54. The quantitative estimate of drug-likeness (QED) is 0.870. The van der Waals surface area contributed by atoms with Gasteiger partial charge in [0, 0.05) is 0 Å². The zero-order chi connectivity index (χ0) is 11.5. The molecule has 0 heterocycles. The number of Topliss-reactive ketones (excluding diaryl/α,β-unsaturated/α-hetero) is 1. The zero-order valence-corrected chi connectivity index (χ0v) is 9.60. The fourth-order valence-electron chi connectivity index (χ4n) is 0.937. The number of ketones is 1. The van der Waals surface area contributed by atoms with Gasteiger partial charge in [-0.25, -0.2) is 13.1 Å². The van der Waals surface area contributed by atoms with Crippen LogP contribution in [-0.4, -0.2) is 20.7 Å². The summed E-state index contributed by atoms with van der Waals surface area (Å²) in [6.45, 7) is 1.07. The average molecular weight is 248 g/mol. The van der Waals surface area contributed by atoms with Crippen LogP contribution >= 0.6 is 11.6 Å². The molecule has 0 aliphatic heterocycles. The molecule has 0 spiro atoms. The van der Waals surface area contributed by atoms with Crippen molar-refractivity contribution >= 4 is 27.4 Å². The van der Waals surface area contributed by atoms with Gasteiger partial charge < -0.3 is 0 Å². The molecule has 0 aliphatic carbocycles. The van der Waals surface area contributed by atoms with Crippen LogP contribution in [0.15, 0.2) is 29.2 Å². The normalized spacial score (nSPS) is 11.3. The van der Waals surface area contributed by atoms with Crippen molar-refractivity contribution in [2.75, 3.05) is 6.54 Å². The molecule has 0 atom stereocenters. The van der Waals surface area contributed by atoms with Gasteiger partial charge in [0.2, 0.25) is 10.0 Å². The van der Waals surface area contributed by atoms with Crippen LogP contribution in [0.1, 0.15) is 6.92 Å². The Morgan fingerprint density at radius 2 is 2.00 bits per heavy atom. The largest absolute Gasteiger partial charge is 0.299 e. The van der Waals surface area contributed by atoms with Gasteiger partial charge in [0.15, 0.2) is 0 Å². The number of carbonyl (C=O) groups excluding carboxylic acids is 1. The fourth-order valence-corrected chi connectivity index (χ4v) is 2.51. The van der Waals surface area contributed by atoms with Crippen molar-refractivity contribution in [2.24, 2.45) is 0 Å². The molecule has 4 nitrogen and oxygen atoms in total. The summed E-state index contributed by atoms with van der Waals surface area (Å²) in [6, 6.07) is 6.05. The topological polar surface area (TPSA) is 63.2 Å². The summed E-state index contributed by atoms with van der Waals surface area (Å²) in [4.78, 5) is 10.6. The first kappa shape index (κ1) is 12.2. The first-order valence-corrected chi connectivity index (χ1v) is 6.03. The van der Waals surface area contributed by atoms with E-state index in [1.807, 2.05) is 0 Å². The molecule has 15 heavy (non-hydrogen) atoms. The van der Waals surface area contributed by atoms with Gasteiger partial charge >= 0.3 is 0 Å². The minimum absolute atomic E-state index is 0.0204. The SMILES string of the molecule is CC(=O)CNS(=O)(=O)c1ccccc1Cl. The molecule has 0 aliphatic rings. The Bertz CT molecular complexity index is 470. The Balaban J connectivity index is 2.97. The van der Waals surface area contributed by atoms with Crippen LogP contribution in [0.4, 0.5) is 0 Å². The van der Waals surface area contributed by atoms with Crippen LogP contribution in [-0.2, 0) is 14.8 Å². The number of carbonyl (C=O) groups is 1. The molecule has 6 heteroatoms. The van der Waals surface area contributed by atoms with E-state index in [1.54, 1.807) is 12.1 Å². The first-order valence-electron chi connectivity index (χ1n) is 4.17. The highest BCUT2D eigenvalue weighted by Gasteiger charge is 2.16. The lowest BCUT2D eigenvalue weighted by molar-refractivity contribution is -0.115. The van der Waals surface area contributed by atoms with Gasteiger partial charge in [-0.2, -0.15) is 0 Å². The minimum Gasteiger partial charge on any atom is -0.299 e. The number of sulfonamides is 1. The smallest absolute Gasteiger partial charge is 0.242 e. The number of hydrogen-bond acceptors (Lipinski definition) is 3. The van der Waals surface area contributed by atoms with Crippen molar-refractivity contribution in [1.29, 1.82) is 0 Å². The lowest BCUT2D eigenvalue weighted by atomic mass is 10.4. The number of hydrogen-bond donors (Lipinski definition) is 1. The third-order valence-electron chi connectivity index (χ3n) is 1.64. The summed E-state index contributed by atoms with van der Waals surface area (Å²) < 4.78 is 25.4. The van der Waals surface area contributed by atoms with E-state index in [2.05, 4.69) is 4.72 Å². The molecule has 0 amide bonds. The van der Waals surface area contributed by atoms with E-state index in [9.17, 15) is 13.2 Å². The van der Waals surface area contributed by atoms with E-state index in [4.69, 9.17) is 11.6 Å². The monoisotopic (exact) mass is 247 g/mol. The van der Waals surface area contributed by atoms with E-state index in [1.165, 1.54) is 19.1 Å². The Morgan fingerprint density at radius 1 is 1.40 bits per heavy atom. The second-order valence-electron chi connectivity index (χ2n) is 2.96. The average Bonchev–Trinajstić information content (AvgIpc) is 2.15. The molecule has 0 bridgehead atoms. The summed E-state index contributed by atoms with van der Waals surface area (Å²) in [5.74, 6) is -0.259. The molecule has 82 valence electrons. The third kappa shape index (κ3) is 3.30. The predicted molar refractivity (Wildman–Crippen MR) is 57.3 cm³/mol. The molecule has 1 rings (SSSR count). The summed E-state index contributed by atoms with van der Waals surface area (Å²) in [6.07, 6.45) is 0. The van der Waals surface area contributed by atoms with E-state index >= 15 is 0 Å². The van der Waals surface area contributed by atoms with Crippen LogP contribution < -0.4 is 4.72 Å². The highest BCUT2D eigenvalue weighted by atomic mass is 35.5. The van der Waals surface area contributed by atoms with E-state index in [-0.39, 0.29) is 22.2 Å². The second kappa shape index (κ2) is 4.74. The molecule has 0 unspecified atom stereocenters. The molecule has 1 aromatic carbocycles. The van der Waals surface area contributed by atoms with Crippen LogP contribution in [0, 0.1) is 0 Å². The van der Waals surface area contributed by atoms with Crippen LogP contribution in [0.2, 0.25) is 5.02 Å². The lowest BCUT2D eigenvalue weighted by Crippen LogP contribution is -2.28. The summed E-state index contributed by atoms with van der Waals surface area (Å²) in [5.41, 5.74) is 0. The molecule has 0 fully saturated rings. The van der Waals surface area contributed by atoms with Crippen molar-refractivity contribution in [2.45, 2.75) is 11.8 Å². The molecule has 1 N–H and O–H groups in total. The maximum absolute atomic E-state index is 11.6. The number of halogens is 1. The molecule has 0 aromatic heterocycles. The highest BCUT2D eigenvalue weighted by molar-refractivity contribution is 7.89. The molecule has 0 saturated heterocycles. The Morgan fingerprint density at radius 3 is 2.53 bits per heavy atom. The molecule has 0 radical (unpaired) electrons. The summed E-state index contributed by atoms with van der Waals surface area (Å²) in [5, 5.41) is 0.133. The molecular formula is C9H10ClNO3S. The molecule has 0 saturated carbocycles. The Labute approximate surface area is 93.3 Å². The summed E-state index contributed by atoms with van der Waals surface area (Å²) in [7, 11) is -3.69. The van der Waals surface area contributed by atoms with Crippen LogP contribution in [0.5, 0.6) is 0 Å². The van der Waals surface area contributed by atoms with E-state index in [0.29, 0.717) is 0 Å².